The second-order valence-corrected chi connectivity index (χ2v) is 4.88. The van der Waals surface area contributed by atoms with Gasteiger partial charge in [-0.15, -0.1) is 0 Å². The molecule has 1 aromatic carbocycles. The average Bonchev–Trinajstić information content (AvgIpc) is 2.79. The number of halogens is 1. The fraction of sp³-hybridized carbons (Fsp3) is 0.154. The van der Waals surface area contributed by atoms with Crippen molar-refractivity contribution < 1.29 is 19.4 Å². The maximum Gasteiger partial charge on any atom is 0.371 e. The number of benzene rings is 1. The van der Waals surface area contributed by atoms with Crippen molar-refractivity contribution >= 4 is 21.9 Å². The molecule has 0 aliphatic rings. The molecule has 0 fully saturated rings. The molecule has 0 radical (unpaired) electrons. The second-order valence-electron chi connectivity index (χ2n) is 4.02. The maximum absolute atomic E-state index is 10.8. The molecule has 2 N–H and O–H groups in total. The summed E-state index contributed by atoms with van der Waals surface area (Å²) in [5, 5.41) is 19.3. The van der Waals surface area contributed by atoms with Gasteiger partial charge < -0.3 is 14.6 Å². The van der Waals surface area contributed by atoms with Crippen molar-refractivity contribution in [1.29, 1.82) is 0 Å². The van der Waals surface area contributed by atoms with Crippen molar-refractivity contribution in [2.75, 3.05) is 0 Å². The first-order valence-corrected chi connectivity index (χ1v) is 6.03. The topological polar surface area (TPSA) is 70.7 Å². The van der Waals surface area contributed by atoms with E-state index in [2.05, 4.69) is 15.9 Å². The number of hydrogen-bond donors (Lipinski definition) is 2. The first-order valence-electron chi connectivity index (χ1n) is 5.24. The third kappa shape index (κ3) is 2.19. The Labute approximate surface area is 112 Å². The summed E-state index contributed by atoms with van der Waals surface area (Å²) < 4.78 is 5.87. The Balaban J connectivity index is 2.47. The minimum atomic E-state index is -1.40. The fourth-order valence-corrected chi connectivity index (χ4v) is 2.37. The van der Waals surface area contributed by atoms with Crippen molar-refractivity contribution in [1.82, 2.24) is 0 Å². The van der Waals surface area contributed by atoms with Gasteiger partial charge in [-0.1, -0.05) is 34.1 Å². The summed E-state index contributed by atoms with van der Waals surface area (Å²) in [6.45, 7) is 1.55. The molecule has 1 heterocycles. The van der Waals surface area contributed by atoms with Gasteiger partial charge in [0.1, 0.15) is 11.4 Å². The Hall–Kier alpha value is -1.59. The zero-order chi connectivity index (χ0) is 13.3. The Bertz CT molecular complexity index is 586. The standard InChI is InChI=1S/C13H11BrO4/c1-13(17,8-4-2-3-5-9(8)14)11-7-6-10(18-11)12(15)16/h2-7,17H,1H3,(H,15,16). The van der Waals surface area contributed by atoms with Crippen molar-refractivity contribution in [3.8, 4) is 0 Å². The monoisotopic (exact) mass is 310 g/mol. The normalized spacial score (nSPS) is 14.2. The molecule has 18 heavy (non-hydrogen) atoms. The van der Waals surface area contributed by atoms with E-state index in [1.165, 1.54) is 12.1 Å². The van der Waals surface area contributed by atoms with Crippen molar-refractivity contribution in [3.05, 3.63) is 58.0 Å². The minimum absolute atomic E-state index is 0.187. The summed E-state index contributed by atoms with van der Waals surface area (Å²) in [6.07, 6.45) is 0. The van der Waals surface area contributed by atoms with Gasteiger partial charge in [-0.25, -0.2) is 4.79 Å². The number of hydrogen-bond acceptors (Lipinski definition) is 3. The molecule has 5 heteroatoms. The minimum Gasteiger partial charge on any atom is -0.475 e. The zero-order valence-corrected chi connectivity index (χ0v) is 11.1. The highest BCUT2D eigenvalue weighted by molar-refractivity contribution is 9.10. The molecule has 94 valence electrons. The quantitative estimate of drug-likeness (QED) is 0.914. The van der Waals surface area contributed by atoms with E-state index in [0.717, 1.165) is 4.47 Å². The van der Waals surface area contributed by atoms with Crippen LogP contribution in [0.5, 0.6) is 0 Å². The van der Waals surface area contributed by atoms with Crippen LogP contribution in [0.3, 0.4) is 0 Å². The Morgan fingerprint density at radius 3 is 2.50 bits per heavy atom. The van der Waals surface area contributed by atoms with E-state index in [4.69, 9.17) is 9.52 Å². The first kappa shape index (κ1) is 12.9. The molecular weight excluding hydrogens is 300 g/mol. The number of aromatic carboxylic acids is 1. The van der Waals surface area contributed by atoms with Crippen molar-refractivity contribution in [2.45, 2.75) is 12.5 Å². The number of aliphatic hydroxyl groups is 1. The van der Waals surface area contributed by atoms with E-state index in [-0.39, 0.29) is 11.5 Å². The van der Waals surface area contributed by atoms with Crippen LogP contribution in [0.25, 0.3) is 0 Å². The summed E-state index contributed by atoms with van der Waals surface area (Å²) in [5.74, 6) is -1.17. The molecule has 2 aromatic rings. The summed E-state index contributed by atoms with van der Waals surface area (Å²) in [4.78, 5) is 10.8. The van der Waals surface area contributed by atoms with Crippen LogP contribution >= 0.6 is 15.9 Å². The zero-order valence-electron chi connectivity index (χ0n) is 9.55. The molecule has 0 saturated heterocycles. The molecule has 0 bridgehead atoms. The van der Waals surface area contributed by atoms with Crippen LogP contribution in [0, 0.1) is 0 Å². The van der Waals surface area contributed by atoms with Crippen LogP contribution in [-0.4, -0.2) is 16.2 Å². The molecule has 1 aromatic heterocycles. The summed E-state index contributed by atoms with van der Waals surface area (Å²) >= 11 is 3.35. The van der Waals surface area contributed by atoms with Gasteiger partial charge in [0, 0.05) is 10.0 Å². The van der Waals surface area contributed by atoms with Crippen LogP contribution in [0.1, 0.15) is 28.8 Å². The van der Waals surface area contributed by atoms with Gasteiger partial charge in [0.15, 0.2) is 0 Å². The predicted octanol–water partition coefficient (Wildman–Crippen LogP) is 3.00. The van der Waals surface area contributed by atoms with Crippen LogP contribution < -0.4 is 0 Å². The van der Waals surface area contributed by atoms with Crippen LogP contribution in [0.2, 0.25) is 0 Å². The highest BCUT2D eigenvalue weighted by atomic mass is 79.9. The van der Waals surface area contributed by atoms with Crippen molar-refractivity contribution in [3.63, 3.8) is 0 Å². The van der Waals surface area contributed by atoms with Gasteiger partial charge in [0.2, 0.25) is 5.76 Å². The first-order chi connectivity index (χ1) is 8.43. The highest BCUT2D eigenvalue weighted by Gasteiger charge is 2.31. The lowest BCUT2D eigenvalue weighted by molar-refractivity contribution is 0.0599. The van der Waals surface area contributed by atoms with Crippen molar-refractivity contribution in [2.24, 2.45) is 0 Å². The van der Waals surface area contributed by atoms with E-state index in [9.17, 15) is 9.90 Å². The summed E-state index contributed by atoms with van der Waals surface area (Å²) in [6, 6.07) is 9.94. The van der Waals surface area contributed by atoms with Gasteiger partial charge in [-0.2, -0.15) is 0 Å². The molecule has 0 aliphatic heterocycles. The Morgan fingerprint density at radius 1 is 1.28 bits per heavy atom. The molecule has 0 amide bonds. The Morgan fingerprint density at radius 2 is 1.94 bits per heavy atom. The van der Waals surface area contributed by atoms with Crippen LogP contribution in [0.4, 0.5) is 0 Å². The predicted molar refractivity (Wildman–Crippen MR) is 68.5 cm³/mol. The second kappa shape index (κ2) is 4.59. The van der Waals surface area contributed by atoms with Gasteiger partial charge in [-0.05, 0) is 25.1 Å². The Kier molecular flexibility index (Phi) is 3.28. The number of carboxylic acids is 1. The van der Waals surface area contributed by atoms with Gasteiger partial charge in [-0.3, -0.25) is 0 Å². The molecule has 1 unspecified atom stereocenters. The molecular formula is C13H11BrO4. The lowest BCUT2D eigenvalue weighted by Gasteiger charge is -2.22. The fourth-order valence-electron chi connectivity index (χ4n) is 1.70. The smallest absolute Gasteiger partial charge is 0.371 e. The number of furan rings is 1. The maximum atomic E-state index is 10.8. The van der Waals surface area contributed by atoms with Crippen LogP contribution in [0.15, 0.2) is 45.3 Å². The molecule has 1 atom stereocenters. The molecule has 4 nitrogen and oxygen atoms in total. The molecule has 0 spiro atoms. The van der Waals surface area contributed by atoms with E-state index >= 15 is 0 Å². The van der Waals surface area contributed by atoms with Gasteiger partial charge >= 0.3 is 5.97 Å². The van der Waals surface area contributed by atoms with Gasteiger partial charge in [0.05, 0.1) is 0 Å². The van der Waals surface area contributed by atoms with E-state index in [0.29, 0.717) is 5.56 Å². The van der Waals surface area contributed by atoms with E-state index in [1.54, 1.807) is 25.1 Å². The van der Waals surface area contributed by atoms with E-state index < -0.39 is 11.6 Å². The molecule has 2 rings (SSSR count). The average molecular weight is 311 g/mol. The highest BCUT2D eigenvalue weighted by Crippen LogP contribution is 2.34. The summed E-state index contributed by atoms with van der Waals surface area (Å²) in [7, 11) is 0. The number of carbonyl (C=O) groups is 1. The molecule has 0 saturated carbocycles. The number of rotatable bonds is 3. The number of carboxylic acid groups (broad SMARTS) is 1. The van der Waals surface area contributed by atoms with Gasteiger partial charge in [0.25, 0.3) is 0 Å². The third-order valence-corrected chi connectivity index (χ3v) is 3.39. The SMILES string of the molecule is CC(O)(c1ccc(C(=O)O)o1)c1ccccc1Br. The van der Waals surface area contributed by atoms with Crippen LogP contribution in [-0.2, 0) is 5.60 Å². The lowest BCUT2D eigenvalue weighted by atomic mass is 9.93. The van der Waals surface area contributed by atoms with E-state index in [1.807, 2.05) is 6.07 Å². The molecule has 0 aliphatic carbocycles. The largest absolute Gasteiger partial charge is 0.475 e. The summed E-state index contributed by atoms with van der Waals surface area (Å²) in [5.41, 5.74) is -0.787. The third-order valence-electron chi connectivity index (χ3n) is 2.69. The lowest BCUT2D eigenvalue weighted by Crippen LogP contribution is -2.22.